The summed E-state index contributed by atoms with van der Waals surface area (Å²) in [7, 11) is 0. The average molecular weight is 567 g/mol. The first-order valence-electron chi connectivity index (χ1n) is 14.4. The molecule has 0 aliphatic carbocycles. The monoisotopic (exact) mass is 565 g/mol. The zero-order valence-electron chi connectivity index (χ0n) is 24.7. The van der Waals surface area contributed by atoms with Crippen LogP contribution in [0.25, 0.3) is 16.0 Å². The molecule has 0 aliphatic heterocycles. The van der Waals surface area contributed by atoms with Gasteiger partial charge in [0.15, 0.2) is 0 Å². The van der Waals surface area contributed by atoms with Crippen molar-refractivity contribution in [3.63, 3.8) is 0 Å². The minimum atomic E-state index is 0. The van der Waals surface area contributed by atoms with Gasteiger partial charge in [0.25, 0.3) is 0 Å². The Kier molecular flexibility index (Phi) is 52.6. The van der Waals surface area contributed by atoms with Crippen molar-refractivity contribution in [2.24, 2.45) is 0 Å². The Morgan fingerprint density at radius 3 is 0.829 bits per heavy atom. The number of unbranched alkanes of at least 4 members (excludes halogenated alkanes) is 6. The summed E-state index contributed by atoms with van der Waals surface area (Å²) in [4.78, 5) is 0. The number of hydrogen-bond donors (Lipinski definition) is 0. The Labute approximate surface area is 241 Å². The van der Waals surface area contributed by atoms with E-state index in [0.717, 1.165) is 44.8 Å². The van der Waals surface area contributed by atoms with Gasteiger partial charge in [0.2, 0.25) is 0 Å². The average Bonchev–Trinajstić information content (AvgIpc) is 2.86. The molecule has 0 amide bonds. The van der Waals surface area contributed by atoms with Gasteiger partial charge in [-0.3, -0.25) is 0 Å². The van der Waals surface area contributed by atoms with Crippen molar-refractivity contribution in [3.8, 4) is 0 Å². The fourth-order valence-electron chi connectivity index (χ4n) is 2.43. The topological polar surface area (TPSA) is 42.3 Å². The maximum absolute atomic E-state index is 4.35. The summed E-state index contributed by atoms with van der Waals surface area (Å²) >= 11 is 0. The second-order valence-corrected chi connectivity index (χ2v) is 8.62. The standard InChI is InChI=1S/3C8H18N.C7H7.Zr/c3*1-3-5-7-9-8-6-4-2;1-7-5-3-2-4-6-7;/h3*3-8H2,1-2H3;2-6H,1H2;/q4*-1;+4. The van der Waals surface area contributed by atoms with Gasteiger partial charge in [-0.15, -0.1) is 51.4 Å². The molecule has 35 heavy (non-hydrogen) atoms. The number of benzene rings is 1. The van der Waals surface area contributed by atoms with Crippen LogP contribution < -0.4 is 0 Å². The molecule has 0 aromatic heterocycles. The van der Waals surface area contributed by atoms with E-state index < -0.39 is 0 Å². The van der Waals surface area contributed by atoms with E-state index in [1.165, 1.54) is 77.0 Å². The van der Waals surface area contributed by atoms with Crippen LogP contribution in [0.2, 0.25) is 0 Å². The maximum atomic E-state index is 4.35. The third-order valence-corrected chi connectivity index (χ3v) is 4.86. The van der Waals surface area contributed by atoms with Gasteiger partial charge in [-0.1, -0.05) is 125 Å². The van der Waals surface area contributed by atoms with Crippen LogP contribution in [0.4, 0.5) is 0 Å². The first-order valence-corrected chi connectivity index (χ1v) is 14.4. The number of hydrogen-bond acceptors (Lipinski definition) is 0. The number of nitrogens with zero attached hydrogens (tertiary/aromatic N) is 3. The van der Waals surface area contributed by atoms with E-state index >= 15 is 0 Å². The minimum Gasteiger partial charge on any atom is -0.662 e. The van der Waals surface area contributed by atoms with Gasteiger partial charge < -0.3 is 16.0 Å². The Morgan fingerprint density at radius 1 is 0.457 bits per heavy atom. The zero-order valence-corrected chi connectivity index (χ0v) is 27.1. The van der Waals surface area contributed by atoms with Crippen LogP contribution in [0.15, 0.2) is 30.3 Å². The molecule has 0 saturated heterocycles. The molecule has 1 aromatic rings. The molecule has 0 atom stereocenters. The Bertz CT molecular complexity index is 364. The SMILES string of the molecule is CCCC[N-]CCCC.CCCC[N-]CCCC.CCCC[N-]CCCC.[CH2-]c1ccccc1.[Zr+4]. The molecule has 1 rings (SSSR count). The summed E-state index contributed by atoms with van der Waals surface area (Å²) < 4.78 is 0. The van der Waals surface area contributed by atoms with Crippen LogP contribution in [0.5, 0.6) is 0 Å². The second kappa shape index (κ2) is 43.9. The summed E-state index contributed by atoms with van der Waals surface area (Å²) in [5.74, 6) is 0. The molecule has 0 N–H and O–H groups in total. The Balaban J connectivity index is -0.000000182. The summed E-state index contributed by atoms with van der Waals surface area (Å²) in [6.45, 7) is 23.4. The minimum absolute atomic E-state index is 0. The molecular formula is C31H61N3Zr. The zero-order chi connectivity index (χ0) is 26.0. The van der Waals surface area contributed by atoms with E-state index in [4.69, 9.17) is 0 Å². The normalized spacial score (nSPS) is 9.43. The van der Waals surface area contributed by atoms with E-state index in [9.17, 15) is 0 Å². The van der Waals surface area contributed by atoms with Crippen LogP contribution in [-0.2, 0) is 26.2 Å². The van der Waals surface area contributed by atoms with Gasteiger partial charge >= 0.3 is 26.2 Å². The molecule has 0 unspecified atom stereocenters. The predicted molar refractivity (Wildman–Crippen MR) is 160 cm³/mol. The molecule has 204 valence electrons. The molecule has 0 radical (unpaired) electrons. The van der Waals surface area contributed by atoms with Crippen molar-refractivity contribution < 1.29 is 26.2 Å². The fraction of sp³-hybridized carbons (Fsp3) is 0.774. The van der Waals surface area contributed by atoms with Crippen LogP contribution in [0.3, 0.4) is 0 Å². The predicted octanol–water partition coefficient (Wildman–Crippen LogP) is 10.7. The van der Waals surface area contributed by atoms with E-state index in [2.05, 4.69) is 64.4 Å². The van der Waals surface area contributed by atoms with Gasteiger partial charge in [-0.2, -0.15) is 24.6 Å². The van der Waals surface area contributed by atoms with Crippen LogP contribution in [-0.4, -0.2) is 39.3 Å². The molecule has 0 spiro atoms. The Hall–Kier alpha value is -0.147. The maximum Gasteiger partial charge on any atom is 4.00 e. The molecule has 4 heteroatoms. The second-order valence-electron chi connectivity index (χ2n) is 8.62. The Morgan fingerprint density at radius 2 is 0.686 bits per heavy atom. The van der Waals surface area contributed by atoms with E-state index in [-0.39, 0.29) is 26.2 Å². The molecule has 0 heterocycles. The molecule has 0 fully saturated rings. The molecule has 3 nitrogen and oxygen atoms in total. The summed E-state index contributed by atoms with van der Waals surface area (Å²) in [5, 5.41) is 13.1. The first kappa shape index (κ1) is 42.0. The fourth-order valence-corrected chi connectivity index (χ4v) is 2.43. The largest absolute Gasteiger partial charge is 4.00 e. The van der Waals surface area contributed by atoms with Gasteiger partial charge in [0.05, 0.1) is 0 Å². The van der Waals surface area contributed by atoms with Crippen molar-refractivity contribution in [2.45, 2.75) is 119 Å². The van der Waals surface area contributed by atoms with Crippen LogP contribution in [0, 0.1) is 6.92 Å². The van der Waals surface area contributed by atoms with E-state index in [0.29, 0.717) is 0 Å². The molecule has 0 saturated carbocycles. The van der Waals surface area contributed by atoms with Crippen LogP contribution in [0.1, 0.15) is 124 Å². The van der Waals surface area contributed by atoms with Gasteiger partial charge in [0, 0.05) is 0 Å². The number of rotatable bonds is 18. The third-order valence-electron chi connectivity index (χ3n) is 4.86. The molecule has 0 aliphatic rings. The van der Waals surface area contributed by atoms with E-state index in [1.807, 2.05) is 30.3 Å². The summed E-state index contributed by atoms with van der Waals surface area (Å²) in [5.41, 5.74) is 1.07. The summed E-state index contributed by atoms with van der Waals surface area (Å²) in [6, 6.07) is 9.87. The van der Waals surface area contributed by atoms with Crippen molar-refractivity contribution in [3.05, 3.63) is 58.8 Å². The van der Waals surface area contributed by atoms with Crippen molar-refractivity contribution in [2.75, 3.05) is 39.3 Å². The van der Waals surface area contributed by atoms with Crippen molar-refractivity contribution >= 4 is 0 Å². The van der Waals surface area contributed by atoms with Gasteiger partial charge in [0.1, 0.15) is 0 Å². The third kappa shape index (κ3) is 51.4. The van der Waals surface area contributed by atoms with Crippen LogP contribution >= 0.6 is 0 Å². The molecule has 0 bridgehead atoms. The molecule has 1 aromatic carbocycles. The van der Waals surface area contributed by atoms with Crippen molar-refractivity contribution in [1.82, 2.24) is 0 Å². The summed E-state index contributed by atoms with van der Waals surface area (Å²) in [6.07, 6.45) is 15.2. The quantitative estimate of drug-likeness (QED) is 0.125. The van der Waals surface area contributed by atoms with Gasteiger partial charge in [-0.25, -0.2) is 0 Å². The van der Waals surface area contributed by atoms with Crippen molar-refractivity contribution in [1.29, 1.82) is 0 Å². The smallest absolute Gasteiger partial charge is 0.662 e. The van der Waals surface area contributed by atoms with Gasteiger partial charge in [-0.05, 0) is 0 Å². The van der Waals surface area contributed by atoms with E-state index in [1.54, 1.807) is 0 Å². The first-order chi connectivity index (χ1) is 16.6. The molecular weight excluding hydrogens is 506 g/mol.